The van der Waals surface area contributed by atoms with Crippen LogP contribution in [0.15, 0.2) is 0 Å². The van der Waals surface area contributed by atoms with E-state index in [2.05, 4.69) is 13.8 Å². The average Bonchev–Trinajstić information content (AvgIpc) is 1.98. The molecule has 0 aliphatic heterocycles. The molecular weight excluding hydrogens is 140 g/mol. The fourth-order valence-electron chi connectivity index (χ4n) is 2.28. The molecule has 2 nitrogen and oxygen atoms in total. The van der Waals surface area contributed by atoms with E-state index in [0.717, 1.165) is 19.3 Å². The summed E-state index contributed by atoms with van der Waals surface area (Å²) < 4.78 is 0. The summed E-state index contributed by atoms with van der Waals surface area (Å²) in [6, 6.07) is 0. The van der Waals surface area contributed by atoms with Crippen LogP contribution in [0.1, 0.15) is 33.1 Å². The highest BCUT2D eigenvalue weighted by Crippen LogP contribution is 2.55. The van der Waals surface area contributed by atoms with Crippen molar-refractivity contribution in [1.29, 1.82) is 0 Å². The van der Waals surface area contributed by atoms with Crippen LogP contribution in [0.2, 0.25) is 0 Å². The second kappa shape index (κ2) is 2.76. The van der Waals surface area contributed by atoms with Crippen molar-refractivity contribution < 1.29 is 10.2 Å². The molecule has 0 aromatic heterocycles. The van der Waals surface area contributed by atoms with Crippen LogP contribution < -0.4 is 0 Å². The van der Waals surface area contributed by atoms with Gasteiger partial charge in [0.15, 0.2) is 0 Å². The summed E-state index contributed by atoms with van der Waals surface area (Å²) >= 11 is 0. The Morgan fingerprint density at radius 3 is 1.91 bits per heavy atom. The van der Waals surface area contributed by atoms with E-state index in [4.69, 9.17) is 10.2 Å². The predicted molar refractivity (Wildman–Crippen MR) is 44.2 cm³/mol. The van der Waals surface area contributed by atoms with Crippen molar-refractivity contribution in [3.8, 4) is 0 Å². The largest absolute Gasteiger partial charge is 0.396 e. The van der Waals surface area contributed by atoms with Crippen molar-refractivity contribution >= 4 is 0 Å². The van der Waals surface area contributed by atoms with Crippen LogP contribution in [0.4, 0.5) is 0 Å². The Kier molecular flexibility index (Phi) is 2.26. The highest BCUT2D eigenvalue weighted by atomic mass is 16.3. The molecule has 0 saturated heterocycles. The number of hydrogen-bond acceptors (Lipinski definition) is 2. The third-order valence-electron chi connectivity index (χ3n) is 3.13. The van der Waals surface area contributed by atoms with E-state index >= 15 is 0 Å². The van der Waals surface area contributed by atoms with Crippen molar-refractivity contribution in [3.63, 3.8) is 0 Å². The first-order valence-corrected chi connectivity index (χ1v) is 4.31. The zero-order chi connectivity index (χ0) is 8.54. The number of hydrogen-bond donors (Lipinski definition) is 2. The van der Waals surface area contributed by atoms with E-state index in [1.165, 1.54) is 0 Å². The first-order chi connectivity index (χ1) is 5.10. The van der Waals surface area contributed by atoms with Crippen LogP contribution in [-0.2, 0) is 0 Å². The van der Waals surface area contributed by atoms with Gasteiger partial charge >= 0.3 is 0 Å². The quantitative estimate of drug-likeness (QED) is 0.647. The molecule has 1 aliphatic carbocycles. The molecule has 0 aromatic carbocycles. The molecule has 0 atom stereocenters. The molecule has 66 valence electrons. The van der Waals surface area contributed by atoms with Gasteiger partial charge in [0.05, 0.1) is 13.2 Å². The van der Waals surface area contributed by atoms with Crippen LogP contribution in [-0.4, -0.2) is 23.4 Å². The van der Waals surface area contributed by atoms with Crippen molar-refractivity contribution in [3.05, 3.63) is 0 Å². The Balaban J connectivity index is 2.47. The minimum atomic E-state index is -0.148. The minimum absolute atomic E-state index is 0.138. The molecule has 0 heterocycles. The van der Waals surface area contributed by atoms with Crippen LogP contribution >= 0.6 is 0 Å². The topological polar surface area (TPSA) is 40.5 Å². The van der Waals surface area contributed by atoms with E-state index in [1.54, 1.807) is 0 Å². The van der Waals surface area contributed by atoms with E-state index in [-0.39, 0.29) is 18.6 Å². The molecule has 0 radical (unpaired) electrons. The molecule has 2 N–H and O–H groups in total. The van der Waals surface area contributed by atoms with Gasteiger partial charge in [-0.3, -0.25) is 0 Å². The van der Waals surface area contributed by atoms with Gasteiger partial charge in [0, 0.05) is 5.41 Å². The molecule has 1 rings (SSSR count). The molecule has 1 aliphatic rings. The molecule has 0 bridgehead atoms. The summed E-state index contributed by atoms with van der Waals surface area (Å²) in [6.45, 7) is 4.66. The van der Waals surface area contributed by atoms with Crippen molar-refractivity contribution in [2.75, 3.05) is 13.2 Å². The lowest BCUT2D eigenvalue weighted by atomic mass is 9.53. The van der Waals surface area contributed by atoms with Gasteiger partial charge in [-0.05, 0) is 18.3 Å². The lowest BCUT2D eigenvalue weighted by molar-refractivity contribution is -0.0987. The number of rotatable bonds is 3. The van der Waals surface area contributed by atoms with Crippen LogP contribution in [0.3, 0.4) is 0 Å². The second-order valence-corrected chi connectivity index (χ2v) is 4.33. The molecule has 0 spiro atoms. The van der Waals surface area contributed by atoms with Gasteiger partial charge in [-0.1, -0.05) is 20.3 Å². The van der Waals surface area contributed by atoms with Crippen molar-refractivity contribution in [2.45, 2.75) is 33.1 Å². The third-order valence-corrected chi connectivity index (χ3v) is 3.13. The van der Waals surface area contributed by atoms with Crippen LogP contribution in [0.25, 0.3) is 0 Å². The van der Waals surface area contributed by atoms with Gasteiger partial charge in [0.1, 0.15) is 0 Å². The van der Waals surface area contributed by atoms with Crippen molar-refractivity contribution in [2.24, 2.45) is 10.8 Å². The Bertz CT molecular complexity index is 130. The second-order valence-electron chi connectivity index (χ2n) is 4.33. The van der Waals surface area contributed by atoms with Gasteiger partial charge in [0.25, 0.3) is 0 Å². The number of aliphatic hydroxyl groups is 2. The molecular formula is C9H18O2. The Labute approximate surface area is 68.2 Å². The Hall–Kier alpha value is -0.0800. The van der Waals surface area contributed by atoms with Gasteiger partial charge in [-0.15, -0.1) is 0 Å². The monoisotopic (exact) mass is 158 g/mol. The molecule has 0 aromatic rings. The third kappa shape index (κ3) is 1.42. The highest BCUT2D eigenvalue weighted by molar-refractivity contribution is 4.99. The average molecular weight is 158 g/mol. The maximum atomic E-state index is 9.00. The summed E-state index contributed by atoms with van der Waals surface area (Å²) in [6.07, 6.45) is 3.10. The fraction of sp³-hybridized carbons (Fsp3) is 1.00. The van der Waals surface area contributed by atoms with Crippen LogP contribution in [0.5, 0.6) is 0 Å². The SMILES string of the molecule is CCC1(C)CC(CO)(CO)C1. The standard InChI is InChI=1S/C9H18O2/c1-3-8(2)4-9(5-8,6-10)7-11/h10-11H,3-7H2,1-2H3. The molecule has 1 saturated carbocycles. The number of aliphatic hydroxyl groups excluding tert-OH is 2. The summed E-state index contributed by atoms with van der Waals surface area (Å²) in [5, 5.41) is 18.0. The van der Waals surface area contributed by atoms with Gasteiger partial charge in [0.2, 0.25) is 0 Å². The molecule has 11 heavy (non-hydrogen) atoms. The Morgan fingerprint density at radius 2 is 1.64 bits per heavy atom. The predicted octanol–water partition coefficient (Wildman–Crippen LogP) is 1.17. The summed E-state index contributed by atoms with van der Waals surface area (Å²) in [7, 11) is 0. The van der Waals surface area contributed by atoms with E-state index in [1.807, 2.05) is 0 Å². The smallest absolute Gasteiger partial charge is 0.0509 e. The highest BCUT2D eigenvalue weighted by Gasteiger charge is 2.49. The van der Waals surface area contributed by atoms with Gasteiger partial charge in [-0.2, -0.15) is 0 Å². The normalized spacial score (nSPS) is 26.2. The Morgan fingerprint density at radius 1 is 1.18 bits per heavy atom. The van der Waals surface area contributed by atoms with E-state index in [9.17, 15) is 0 Å². The summed E-state index contributed by atoms with van der Waals surface area (Å²) in [5.41, 5.74) is 0.232. The fourth-order valence-corrected chi connectivity index (χ4v) is 2.28. The molecule has 0 amide bonds. The molecule has 2 heteroatoms. The van der Waals surface area contributed by atoms with Crippen LogP contribution in [0, 0.1) is 10.8 Å². The van der Waals surface area contributed by atoms with Gasteiger partial charge in [-0.25, -0.2) is 0 Å². The summed E-state index contributed by atoms with van der Waals surface area (Å²) in [5.74, 6) is 0. The molecule has 0 unspecified atom stereocenters. The summed E-state index contributed by atoms with van der Waals surface area (Å²) in [4.78, 5) is 0. The first-order valence-electron chi connectivity index (χ1n) is 4.31. The van der Waals surface area contributed by atoms with Gasteiger partial charge < -0.3 is 10.2 Å². The lowest BCUT2D eigenvalue weighted by Crippen LogP contribution is -2.49. The maximum absolute atomic E-state index is 9.00. The maximum Gasteiger partial charge on any atom is 0.0509 e. The zero-order valence-corrected chi connectivity index (χ0v) is 7.43. The van der Waals surface area contributed by atoms with E-state index < -0.39 is 0 Å². The first kappa shape index (κ1) is 9.01. The minimum Gasteiger partial charge on any atom is -0.396 e. The zero-order valence-electron chi connectivity index (χ0n) is 7.43. The molecule has 1 fully saturated rings. The van der Waals surface area contributed by atoms with E-state index in [0.29, 0.717) is 5.41 Å². The van der Waals surface area contributed by atoms with Crippen molar-refractivity contribution in [1.82, 2.24) is 0 Å². The lowest BCUT2D eigenvalue weighted by Gasteiger charge is -2.53.